The van der Waals surface area contributed by atoms with Gasteiger partial charge in [0.25, 0.3) is 0 Å². The summed E-state index contributed by atoms with van der Waals surface area (Å²) in [5, 5.41) is 0.606. The molecule has 0 bridgehead atoms. The first-order valence-corrected chi connectivity index (χ1v) is 6.23. The molecule has 4 nitrogen and oxygen atoms in total. The molecule has 0 aliphatic rings. The van der Waals surface area contributed by atoms with E-state index in [1.807, 2.05) is 6.26 Å². The van der Waals surface area contributed by atoms with Gasteiger partial charge < -0.3 is 4.74 Å². The van der Waals surface area contributed by atoms with Gasteiger partial charge in [-0.15, -0.1) is 11.6 Å². The maximum absolute atomic E-state index is 11.3. The summed E-state index contributed by atoms with van der Waals surface area (Å²) in [6, 6.07) is 0. The van der Waals surface area contributed by atoms with Crippen molar-refractivity contribution in [2.45, 2.75) is 6.92 Å². The monoisotopic (exact) mass is 250 g/mol. The average Bonchev–Trinajstić information content (AvgIpc) is 2.25. The lowest BCUT2D eigenvalue weighted by Gasteiger charge is -2.06. The van der Waals surface area contributed by atoms with Crippen LogP contribution in [0, 0.1) is 5.92 Å². The number of amidine groups is 1. The maximum atomic E-state index is 11.3. The molecule has 1 atom stereocenters. The van der Waals surface area contributed by atoms with Gasteiger partial charge >= 0.3 is 5.97 Å². The predicted octanol–water partition coefficient (Wildman–Crippen LogP) is 1.82. The van der Waals surface area contributed by atoms with Gasteiger partial charge in [-0.3, -0.25) is 9.79 Å². The first-order valence-electron chi connectivity index (χ1n) is 4.47. The number of carbonyl (C=O) groups is 1. The fourth-order valence-electron chi connectivity index (χ4n) is 0.768. The van der Waals surface area contributed by atoms with Gasteiger partial charge in [0.2, 0.25) is 0 Å². The van der Waals surface area contributed by atoms with E-state index in [4.69, 9.17) is 16.3 Å². The molecule has 0 aliphatic heterocycles. The molecule has 0 amide bonds. The second-order valence-electron chi connectivity index (χ2n) is 2.50. The van der Waals surface area contributed by atoms with Crippen molar-refractivity contribution in [3.05, 3.63) is 0 Å². The third-order valence-electron chi connectivity index (χ3n) is 1.49. The minimum Gasteiger partial charge on any atom is -0.465 e. The Labute approximate surface area is 99.2 Å². The van der Waals surface area contributed by atoms with Crippen LogP contribution in [0.15, 0.2) is 9.98 Å². The lowest BCUT2D eigenvalue weighted by atomic mass is 10.2. The number of carbonyl (C=O) groups excluding carboxylic acids is 1. The molecule has 0 aromatic heterocycles. The predicted molar refractivity (Wildman–Crippen MR) is 66.2 cm³/mol. The Morgan fingerprint density at radius 3 is 2.73 bits per heavy atom. The van der Waals surface area contributed by atoms with Crippen molar-refractivity contribution in [2.24, 2.45) is 15.9 Å². The van der Waals surface area contributed by atoms with E-state index >= 15 is 0 Å². The van der Waals surface area contributed by atoms with Crippen LogP contribution in [0.2, 0.25) is 0 Å². The molecule has 0 aromatic carbocycles. The fourth-order valence-corrected chi connectivity index (χ4v) is 1.32. The number of ether oxygens (including phenoxy) is 1. The maximum Gasteiger partial charge on any atom is 0.315 e. The van der Waals surface area contributed by atoms with Crippen molar-refractivity contribution < 1.29 is 9.53 Å². The Bertz CT molecular complexity index is 256. The summed E-state index contributed by atoms with van der Waals surface area (Å²) in [7, 11) is 1.64. The van der Waals surface area contributed by atoms with Crippen molar-refractivity contribution in [2.75, 3.05) is 25.8 Å². The number of rotatable bonds is 4. The van der Waals surface area contributed by atoms with Crippen LogP contribution in [0.25, 0.3) is 0 Å². The van der Waals surface area contributed by atoms with E-state index in [1.165, 1.54) is 18.0 Å². The molecule has 0 rings (SSSR count). The average molecular weight is 251 g/mol. The molecule has 0 aromatic rings. The molecule has 1 unspecified atom stereocenters. The third kappa shape index (κ3) is 5.79. The highest BCUT2D eigenvalue weighted by Gasteiger charge is 2.16. The highest BCUT2D eigenvalue weighted by Crippen LogP contribution is 2.03. The molecule has 86 valence electrons. The first kappa shape index (κ1) is 14.5. The lowest BCUT2D eigenvalue weighted by Crippen LogP contribution is -2.20. The van der Waals surface area contributed by atoms with E-state index in [0.717, 1.165) is 0 Å². The van der Waals surface area contributed by atoms with Crippen LogP contribution in [0.1, 0.15) is 6.92 Å². The van der Waals surface area contributed by atoms with E-state index in [0.29, 0.717) is 11.8 Å². The normalized spacial score (nSPS) is 14.3. The summed E-state index contributed by atoms with van der Waals surface area (Å²) in [5.41, 5.74) is 0. The largest absolute Gasteiger partial charge is 0.465 e. The van der Waals surface area contributed by atoms with Gasteiger partial charge in [0, 0.05) is 19.1 Å². The van der Waals surface area contributed by atoms with Gasteiger partial charge in [-0.1, -0.05) is 11.8 Å². The quantitative estimate of drug-likeness (QED) is 0.331. The molecule has 15 heavy (non-hydrogen) atoms. The number of alkyl halides is 1. The Balaban J connectivity index is 4.38. The molecule has 0 aliphatic carbocycles. The zero-order valence-electron chi connectivity index (χ0n) is 9.07. The van der Waals surface area contributed by atoms with E-state index in [9.17, 15) is 4.79 Å². The highest BCUT2D eigenvalue weighted by atomic mass is 35.5. The lowest BCUT2D eigenvalue weighted by molar-refractivity contribution is -0.144. The van der Waals surface area contributed by atoms with E-state index in [-0.39, 0.29) is 11.8 Å². The van der Waals surface area contributed by atoms with Gasteiger partial charge in [-0.25, -0.2) is 4.99 Å². The molecule has 0 fully saturated rings. The molecule has 0 saturated heterocycles. The van der Waals surface area contributed by atoms with Gasteiger partial charge in [0.1, 0.15) is 5.92 Å². The van der Waals surface area contributed by atoms with Crippen LogP contribution in [-0.2, 0) is 9.53 Å². The fraction of sp³-hybridized carbons (Fsp3) is 0.667. The number of thioether (sulfide) groups is 1. The highest BCUT2D eigenvalue weighted by molar-refractivity contribution is 8.13. The number of aliphatic imine (C=N–C) groups is 2. The van der Waals surface area contributed by atoms with Crippen LogP contribution in [0.5, 0.6) is 0 Å². The van der Waals surface area contributed by atoms with Gasteiger partial charge in [-0.05, 0) is 13.2 Å². The smallest absolute Gasteiger partial charge is 0.315 e. The second kappa shape index (κ2) is 8.73. The first-order chi connectivity index (χ1) is 7.19. The van der Waals surface area contributed by atoms with Crippen LogP contribution in [0.3, 0.4) is 0 Å². The summed E-state index contributed by atoms with van der Waals surface area (Å²) >= 11 is 7.03. The number of hydrogen-bond acceptors (Lipinski definition) is 4. The minimum absolute atomic E-state index is 0.160. The zero-order chi connectivity index (χ0) is 11.7. The second-order valence-corrected chi connectivity index (χ2v) is 3.58. The van der Waals surface area contributed by atoms with Crippen molar-refractivity contribution in [3.63, 3.8) is 0 Å². The molecular formula is C9H15ClN2O2S. The van der Waals surface area contributed by atoms with Crippen LogP contribution in [-0.4, -0.2) is 43.1 Å². The molecule has 0 N–H and O–H groups in total. The number of hydrogen-bond donors (Lipinski definition) is 0. The standard InChI is InChI=1S/C9H15ClN2O2S/c1-4-14-8(13)7(5-10)6-12-9(11-2)15-3/h6-7H,4-5H2,1-3H3. The van der Waals surface area contributed by atoms with E-state index in [2.05, 4.69) is 9.98 Å². The molecule has 6 heteroatoms. The van der Waals surface area contributed by atoms with Gasteiger partial charge in [0.15, 0.2) is 5.17 Å². The summed E-state index contributed by atoms with van der Waals surface area (Å²) in [4.78, 5) is 19.3. The number of halogens is 1. The SMILES string of the molecule is CCOC(=O)C(C=NC(=NC)SC)CCl. The van der Waals surface area contributed by atoms with Crippen LogP contribution < -0.4 is 0 Å². The molecule has 0 saturated carbocycles. The van der Waals surface area contributed by atoms with Crippen molar-refractivity contribution in [1.82, 2.24) is 0 Å². The Morgan fingerprint density at radius 1 is 1.67 bits per heavy atom. The minimum atomic E-state index is -0.504. The van der Waals surface area contributed by atoms with E-state index < -0.39 is 5.92 Å². The Morgan fingerprint density at radius 2 is 2.33 bits per heavy atom. The van der Waals surface area contributed by atoms with Crippen LogP contribution in [0.4, 0.5) is 0 Å². The molecule has 0 heterocycles. The number of esters is 1. The zero-order valence-corrected chi connectivity index (χ0v) is 10.6. The molecule has 0 spiro atoms. The summed E-state index contributed by atoms with van der Waals surface area (Å²) in [5.74, 6) is -0.698. The third-order valence-corrected chi connectivity index (χ3v) is 2.48. The Kier molecular flexibility index (Phi) is 8.41. The molecular weight excluding hydrogens is 236 g/mol. The summed E-state index contributed by atoms with van der Waals surface area (Å²) in [6.07, 6.45) is 3.34. The van der Waals surface area contributed by atoms with E-state index in [1.54, 1.807) is 14.0 Å². The van der Waals surface area contributed by atoms with Gasteiger partial charge in [0.05, 0.1) is 6.61 Å². The summed E-state index contributed by atoms with van der Waals surface area (Å²) in [6.45, 7) is 2.10. The van der Waals surface area contributed by atoms with Crippen molar-refractivity contribution >= 4 is 40.7 Å². The van der Waals surface area contributed by atoms with Crippen LogP contribution >= 0.6 is 23.4 Å². The van der Waals surface area contributed by atoms with Gasteiger partial charge in [-0.2, -0.15) is 0 Å². The topological polar surface area (TPSA) is 51.0 Å². The van der Waals surface area contributed by atoms with Crippen molar-refractivity contribution in [1.29, 1.82) is 0 Å². The summed E-state index contributed by atoms with van der Waals surface area (Å²) < 4.78 is 4.83. The molecule has 0 radical (unpaired) electrons. The van der Waals surface area contributed by atoms with Crippen molar-refractivity contribution in [3.8, 4) is 0 Å². The number of nitrogens with zero attached hydrogens (tertiary/aromatic N) is 2. The Hall–Kier alpha value is -0.550.